The zero-order valence-electron chi connectivity index (χ0n) is 15.4. The van der Waals surface area contributed by atoms with Crippen molar-refractivity contribution in [3.8, 4) is 10.6 Å². The summed E-state index contributed by atoms with van der Waals surface area (Å²) < 4.78 is 39.5. The SMILES string of the molecule is O=C(NCc1cc(-c2cccs2)n[nH]1)c1cc(C(F)(F)F)ccc1N1CCCC1. The molecule has 1 fully saturated rings. The zero-order valence-corrected chi connectivity index (χ0v) is 16.2. The van der Waals surface area contributed by atoms with Crippen LogP contribution in [-0.4, -0.2) is 29.2 Å². The lowest BCUT2D eigenvalue weighted by atomic mass is 10.1. The van der Waals surface area contributed by atoms with Crippen LogP contribution >= 0.6 is 11.3 Å². The van der Waals surface area contributed by atoms with Crippen molar-refractivity contribution in [2.45, 2.75) is 25.6 Å². The molecule has 152 valence electrons. The molecule has 0 bridgehead atoms. The minimum absolute atomic E-state index is 0.0414. The molecule has 3 aromatic rings. The van der Waals surface area contributed by atoms with E-state index in [0.717, 1.165) is 48.6 Å². The van der Waals surface area contributed by atoms with Crippen LogP contribution in [-0.2, 0) is 12.7 Å². The Morgan fingerprint density at radius 1 is 1.21 bits per heavy atom. The van der Waals surface area contributed by atoms with Crippen molar-refractivity contribution in [1.29, 1.82) is 0 Å². The van der Waals surface area contributed by atoms with E-state index >= 15 is 0 Å². The van der Waals surface area contributed by atoms with Gasteiger partial charge in [-0.1, -0.05) is 6.07 Å². The summed E-state index contributed by atoms with van der Waals surface area (Å²) in [5.74, 6) is -0.537. The van der Waals surface area contributed by atoms with Crippen molar-refractivity contribution in [1.82, 2.24) is 15.5 Å². The van der Waals surface area contributed by atoms with E-state index in [1.54, 1.807) is 11.3 Å². The molecule has 0 radical (unpaired) electrons. The number of H-pyrrole nitrogens is 1. The van der Waals surface area contributed by atoms with E-state index in [9.17, 15) is 18.0 Å². The maximum atomic E-state index is 13.2. The standard InChI is InChI=1S/C20H19F3N4OS/c21-20(22,23)13-5-6-17(27-7-1-2-8-27)15(10-13)19(28)24-12-14-11-16(26-25-14)18-4-3-9-29-18/h3-6,9-11H,1-2,7-8,12H2,(H,24,28)(H,25,26). The van der Waals surface area contributed by atoms with Gasteiger partial charge in [0.15, 0.2) is 0 Å². The van der Waals surface area contributed by atoms with Crippen LogP contribution < -0.4 is 10.2 Å². The number of alkyl halides is 3. The first-order valence-electron chi connectivity index (χ1n) is 9.24. The average Bonchev–Trinajstić information content (AvgIpc) is 3.47. The summed E-state index contributed by atoms with van der Waals surface area (Å²) in [5, 5.41) is 11.7. The fraction of sp³-hybridized carbons (Fsp3) is 0.300. The highest BCUT2D eigenvalue weighted by Gasteiger charge is 2.32. The Balaban J connectivity index is 1.53. The van der Waals surface area contributed by atoms with Crippen LogP contribution in [0.15, 0.2) is 41.8 Å². The third kappa shape index (κ3) is 4.29. The van der Waals surface area contributed by atoms with Crippen LogP contribution in [0, 0.1) is 0 Å². The van der Waals surface area contributed by atoms with Crippen LogP contribution in [0.25, 0.3) is 10.6 Å². The van der Waals surface area contributed by atoms with Gasteiger partial charge < -0.3 is 10.2 Å². The van der Waals surface area contributed by atoms with Gasteiger partial charge in [-0.15, -0.1) is 11.3 Å². The van der Waals surface area contributed by atoms with Gasteiger partial charge in [-0.3, -0.25) is 9.89 Å². The molecule has 0 saturated carbocycles. The summed E-state index contributed by atoms with van der Waals surface area (Å²) in [7, 11) is 0. The molecule has 1 saturated heterocycles. The molecule has 0 spiro atoms. The summed E-state index contributed by atoms with van der Waals surface area (Å²) in [6, 6.07) is 9.05. The molecule has 5 nitrogen and oxygen atoms in total. The van der Waals surface area contributed by atoms with Gasteiger partial charge in [0.2, 0.25) is 0 Å². The van der Waals surface area contributed by atoms with E-state index in [1.807, 2.05) is 28.5 Å². The number of halogens is 3. The first-order chi connectivity index (χ1) is 13.9. The lowest BCUT2D eigenvalue weighted by Crippen LogP contribution is -2.28. The van der Waals surface area contributed by atoms with E-state index in [4.69, 9.17) is 0 Å². The van der Waals surface area contributed by atoms with E-state index in [0.29, 0.717) is 11.4 Å². The first kappa shape index (κ1) is 19.5. The number of thiophene rings is 1. The first-order valence-corrected chi connectivity index (χ1v) is 10.1. The van der Waals surface area contributed by atoms with Crippen molar-refractivity contribution in [3.05, 3.63) is 58.6 Å². The van der Waals surface area contributed by atoms with Crippen molar-refractivity contribution < 1.29 is 18.0 Å². The van der Waals surface area contributed by atoms with Gasteiger partial charge in [0.1, 0.15) is 5.69 Å². The van der Waals surface area contributed by atoms with E-state index in [-0.39, 0.29) is 12.1 Å². The molecule has 0 aliphatic carbocycles. The predicted molar refractivity (Wildman–Crippen MR) is 106 cm³/mol. The molecule has 29 heavy (non-hydrogen) atoms. The molecule has 9 heteroatoms. The summed E-state index contributed by atoms with van der Waals surface area (Å²) in [5.41, 5.74) is 1.20. The molecule has 0 atom stereocenters. The lowest BCUT2D eigenvalue weighted by Gasteiger charge is -2.22. The Kier molecular flexibility index (Phi) is 5.31. The zero-order chi connectivity index (χ0) is 20.4. The minimum atomic E-state index is -4.50. The second-order valence-electron chi connectivity index (χ2n) is 6.86. The highest BCUT2D eigenvalue weighted by molar-refractivity contribution is 7.13. The summed E-state index contributed by atoms with van der Waals surface area (Å²) in [4.78, 5) is 15.7. The van der Waals surface area contributed by atoms with Gasteiger partial charge >= 0.3 is 6.18 Å². The number of carbonyl (C=O) groups is 1. The Morgan fingerprint density at radius 2 is 2.00 bits per heavy atom. The number of amides is 1. The Labute approximate surface area is 169 Å². The van der Waals surface area contributed by atoms with Crippen LogP contribution in [0.2, 0.25) is 0 Å². The number of carbonyl (C=O) groups excluding carboxylic acids is 1. The van der Waals surface area contributed by atoms with Crippen LogP contribution in [0.3, 0.4) is 0 Å². The minimum Gasteiger partial charge on any atom is -0.371 e. The number of hydrogen-bond donors (Lipinski definition) is 2. The van der Waals surface area contributed by atoms with E-state index in [2.05, 4.69) is 15.5 Å². The molecule has 3 heterocycles. The predicted octanol–water partition coefficient (Wildman–Crippen LogP) is 4.69. The number of aromatic nitrogens is 2. The number of hydrogen-bond acceptors (Lipinski definition) is 4. The maximum Gasteiger partial charge on any atom is 0.416 e. The largest absolute Gasteiger partial charge is 0.416 e. The molecule has 2 N–H and O–H groups in total. The Morgan fingerprint density at radius 3 is 2.69 bits per heavy atom. The molecule has 0 unspecified atom stereocenters. The van der Waals surface area contributed by atoms with Gasteiger partial charge in [-0.25, -0.2) is 0 Å². The molecular weight excluding hydrogens is 401 g/mol. The van der Waals surface area contributed by atoms with E-state index in [1.165, 1.54) is 6.07 Å². The third-order valence-corrected chi connectivity index (χ3v) is 5.75. The van der Waals surface area contributed by atoms with Crippen molar-refractivity contribution in [3.63, 3.8) is 0 Å². The number of aromatic amines is 1. The lowest BCUT2D eigenvalue weighted by molar-refractivity contribution is -0.137. The number of anilines is 1. The quantitative estimate of drug-likeness (QED) is 0.630. The highest BCUT2D eigenvalue weighted by Crippen LogP contribution is 2.34. The summed E-state index contributed by atoms with van der Waals surface area (Å²) >= 11 is 1.55. The van der Waals surface area contributed by atoms with Gasteiger partial charge in [0.05, 0.1) is 28.2 Å². The van der Waals surface area contributed by atoms with Gasteiger partial charge in [0, 0.05) is 18.8 Å². The third-order valence-electron chi connectivity index (χ3n) is 4.86. The molecule has 2 aromatic heterocycles. The van der Waals surface area contributed by atoms with Crippen molar-refractivity contribution in [2.24, 2.45) is 0 Å². The van der Waals surface area contributed by atoms with Gasteiger partial charge in [-0.2, -0.15) is 18.3 Å². The van der Waals surface area contributed by atoms with Gasteiger partial charge in [0.25, 0.3) is 5.91 Å². The molecule has 4 rings (SSSR count). The summed E-state index contributed by atoms with van der Waals surface area (Å²) in [6.45, 7) is 1.61. The van der Waals surface area contributed by atoms with Crippen LogP contribution in [0.4, 0.5) is 18.9 Å². The maximum absolute atomic E-state index is 13.2. The second kappa shape index (κ2) is 7.90. The summed E-state index contributed by atoms with van der Waals surface area (Å²) in [6.07, 6.45) is -2.58. The van der Waals surface area contributed by atoms with Crippen molar-refractivity contribution in [2.75, 3.05) is 18.0 Å². The second-order valence-corrected chi connectivity index (χ2v) is 7.81. The molecule has 1 aliphatic rings. The Bertz CT molecular complexity index is 992. The molecule has 1 amide bonds. The number of rotatable bonds is 5. The van der Waals surface area contributed by atoms with Crippen LogP contribution in [0.1, 0.15) is 34.5 Å². The number of nitrogens with zero attached hydrogens (tertiary/aromatic N) is 2. The number of nitrogens with one attached hydrogen (secondary N) is 2. The topological polar surface area (TPSA) is 61.0 Å². The Hall–Kier alpha value is -2.81. The normalized spacial score (nSPS) is 14.4. The smallest absolute Gasteiger partial charge is 0.371 e. The van der Waals surface area contributed by atoms with Crippen LogP contribution in [0.5, 0.6) is 0 Å². The highest BCUT2D eigenvalue weighted by atomic mass is 32.1. The van der Waals surface area contributed by atoms with Crippen molar-refractivity contribution >= 4 is 22.9 Å². The van der Waals surface area contributed by atoms with Gasteiger partial charge in [-0.05, 0) is 48.6 Å². The number of benzene rings is 1. The molecular formula is C20H19F3N4OS. The fourth-order valence-corrected chi connectivity index (χ4v) is 4.09. The molecule has 1 aromatic carbocycles. The monoisotopic (exact) mass is 420 g/mol. The average molecular weight is 420 g/mol. The van der Waals surface area contributed by atoms with E-state index < -0.39 is 17.6 Å². The molecule has 1 aliphatic heterocycles. The fourth-order valence-electron chi connectivity index (χ4n) is 3.40.